The summed E-state index contributed by atoms with van der Waals surface area (Å²) in [6.07, 6.45) is 6.07. The number of para-hydroxylation sites is 1. The van der Waals surface area contributed by atoms with Crippen LogP contribution in [0, 0.1) is 5.92 Å². The van der Waals surface area contributed by atoms with Gasteiger partial charge in [-0.15, -0.1) is 0 Å². The number of nitrogens with one attached hydrogen (secondary N) is 1. The van der Waals surface area contributed by atoms with Gasteiger partial charge in [0.05, 0.1) is 43.9 Å². The van der Waals surface area contributed by atoms with Gasteiger partial charge in [-0.2, -0.15) is 0 Å². The third-order valence-electron chi connectivity index (χ3n) is 7.32. The standard InChI is InChI=1S/C24H32N2O5/c27-23-15-31-22-6-2-1-4-19(22)16-7-9-18(10-8-16)30-14-21-20(5-3-11-26(21)23)25-24(28)17-12-29-13-17/h1-2,4,6,16-18,20-21H,3,5,7-15H2,(H,25,28)/t16?,18?,20-,21-/m0/s1. The van der Waals surface area contributed by atoms with Crippen molar-refractivity contribution in [3.63, 3.8) is 0 Å². The SMILES string of the molecule is O=C(N[C@H]1CCCN2C(=O)COc3ccccc3C3CCC(CC3)OC[C@@H]12)C1COC1. The lowest BCUT2D eigenvalue weighted by molar-refractivity contribution is -0.146. The maximum atomic E-state index is 13.2. The van der Waals surface area contributed by atoms with Crippen LogP contribution in [-0.2, 0) is 19.1 Å². The molecule has 2 bridgehead atoms. The van der Waals surface area contributed by atoms with Crippen LogP contribution < -0.4 is 10.1 Å². The van der Waals surface area contributed by atoms with E-state index in [9.17, 15) is 9.59 Å². The summed E-state index contributed by atoms with van der Waals surface area (Å²) in [4.78, 5) is 27.6. The van der Waals surface area contributed by atoms with Crippen LogP contribution in [0.4, 0.5) is 0 Å². The number of amides is 2. The van der Waals surface area contributed by atoms with Crippen LogP contribution in [0.5, 0.6) is 5.75 Å². The smallest absolute Gasteiger partial charge is 0.260 e. The molecule has 5 aliphatic rings. The van der Waals surface area contributed by atoms with Crippen LogP contribution in [-0.4, -0.2) is 67.9 Å². The number of carbonyl (C=O) groups excluding carboxylic acids is 2. The molecular formula is C24H32N2O5. The Kier molecular flexibility index (Phi) is 6.14. The number of piperidine rings is 1. The Bertz CT molecular complexity index is 803. The Hall–Kier alpha value is -2.12. The van der Waals surface area contributed by atoms with E-state index < -0.39 is 0 Å². The number of hydrogen-bond acceptors (Lipinski definition) is 5. The summed E-state index contributed by atoms with van der Waals surface area (Å²) in [5.74, 6) is 1.19. The van der Waals surface area contributed by atoms with E-state index in [1.807, 2.05) is 23.1 Å². The fourth-order valence-electron chi connectivity index (χ4n) is 5.38. The minimum Gasteiger partial charge on any atom is -0.483 e. The zero-order chi connectivity index (χ0) is 21.2. The van der Waals surface area contributed by atoms with Crippen molar-refractivity contribution in [1.82, 2.24) is 10.2 Å². The first-order chi connectivity index (χ1) is 15.2. The van der Waals surface area contributed by atoms with Crippen molar-refractivity contribution in [3.05, 3.63) is 29.8 Å². The van der Waals surface area contributed by atoms with Crippen molar-refractivity contribution < 1.29 is 23.8 Å². The van der Waals surface area contributed by atoms with Gasteiger partial charge in [0.15, 0.2) is 6.61 Å². The predicted molar refractivity (Wildman–Crippen MR) is 114 cm³/mol. The second-order valence-corrected chi connectivity index (χ2v) is 9.28. The Morgan fingerprint density at radius 2 is 1.84 bits per heavy atom. The molecule has 0 aromatic heterocycles. The molecule has 4 heterocycles. The number of benzene rings is 1. The van der Waals surface area contributed by atoms with Crippen molar-refractivity contribution in [2.75, 3.05) is 33.0 Å². The molecule has 1 aromatic carbocycles. The summed E-state index contributed by atoms with van der Waals surface area (Å²) in [6.45, 7) is 2.11. The summed E-state index contributed by atoms with van der Waals surface area (Å²) in [7, 11) is 0. The molecule has 1 aromatic rings. The van der Waals surface area contributed by atoms with Crippen molar-refractivity contribution in [2.24, 2.45) is 5.92 Å². The number of nitrogens with zero attached hydrogens (tertiary/aromatic N) is 1. The van der Waals surface area contributed by atoms with Gasteiger partial charge < -0.3 is 24.4 Å². The lowest BCUT2D eigenvalue weighted by atomic mass is 9.82. The van der Waals surface area contributed by atoms with Gasteiger partial charge in [0.2, 0.25) is 5.91 Å². The topological polar surface area (TPSA) is 77.1 Å². The third kappa shape index (κ3) is 4.44. The molecule has 7 heteroatoms. The van der Waals surface area contributed by atoms with Gasteiger partial charge in [-0.3, -0.25) is 9.59 Å². The molecule has 0 radical (unpaired) electrons. The molecule has 1 aliphatic carbocycles. The van der Waals surface area contributed by atoms with E-state index in [1.54, 1.807) is 0 Å². The normalized spacial score (nSPS) is 31.7. The van der Waals surface area contributed by atoms with Crippen LogP contribution in [0.2, 0.25) is 0 Å². The second kappa shape index (κ2) is 9.17. The average molecular weight is 429 g/mol. The fraction of sp³-hybridized carbons (Fsp3) is 0.667. The van der Waals surface area contributed by atoms with Gasteiger partial charge in [-0.05, 0) is 56.1 Å². The Labute approximate surface area is 183 Å². The minimum absolute atomic E-state index is 0.0147. The van der Waals surface area contributed by atoms with E-state index in [4.69, 9.17) is 14.2 Å². The maximum Gasteiger partial charge on any atom is 0.260 e. The largest absolute Gasteiger partial charge is 0.483 e. The van der Waals surface area contributed by atoms with Crippen molar-refractivity contribution >= 4 is 11.8 Å². The summed E-state index contributed by atoms with van der Waals surface area (Å²) < 4.78 is 17.6. The van der Waals surface area contributed by atoms with Crippen LogP contribution >= 0.6 is 0 Å². The molecular weight excluding hydrogens is 396 g/mol. The summed E-state index contributed by atoms with van der Waals surface area (Å²) in [5.41, 5.74) is 1.20. The molecule has 0 spiro atoms. The van der Waals surface area contributed by atoms with Gasteiger partial charge in [-0.1, -0.05) is 18.2 Å². The molecule has 2 amide bonds. The lowest BCUT2D eigenvalue weighted by Crippen LogP contribution is -2.61. The monoisotopic (exact) mass is 428 g/mol. The van der Waals surface area contributed by atoms with E-state index in [1.165, 1.54) is 5.56 Å². The molecule has 7 nitrogen and oxygen atoms in total. The van der Waals surface area contributed by atoms with Crippen LogP contribution in [0.3, 0.4) is 0 Å². The third-order valence-corrected chi connectivity index (χ3v) is 7.32. The zero-order valence-electron chi connectivity index (χ0n) is 18.0. The minimum atomic E-state index is -0.163. The number of ether oxygens (including phenoxy) is 3. The lowest BCUT2D eigenvalue weighted by Gasteiger charge is -2.42. The first kappa shape index (κ1) is 20.8. The van der Waals surface area contributed by atoms with Crippen LogP contribution in [0.1, 0.15) is 50.0 Å². The number of fused-ring (bicyclic) bond motifs is 5. The highest BCUT2D eigenvalue weighted by molar-refractivity contribution is 5.81. The van der Waals surface area contributed by atoms with Gasteiger partial charge in [-0.25, -0.2) is 0 Å². The molecule has 6 rings (SSSR count). The van der Waals surface area contributed by atoms with E-state index in [2.05, 4.69) is 11.4 Å². The highest BCUT2D eigenvalue weighted by Gasteiger charge is 2.38. The van der Waals surface area contributed by atoms with Gasteiger partial charge >= 0.3 is 0 Å². The van der Waals surface area contributed by atoms with E-state index in [0.29, 0.717) is 32.3 Å². The maximum absolute atomic E-state index is 13.2. The zero-order valence-corrected chi connectivity index (χ0v) is 18.0. The molecule has 3 fully saturated rings. The molecule has 0 unspecified atom stereocenters. The van der Waals surface area contributed by atoms with Gasteiger partial charge in [0, 0.05) is 6.54 Å². The Morgan fingerprint density at radius 1 is 1.03 bits per heavy atom. The van der Waals surface area contributed by atoms with E-state index in [-0.39, 0.29) is 42.5 Å². The number of hydrogen-bond donors (Lipinski definition) is 1. The summed E-state index contributed by atoms with van der Waals surface area (Å²) >= 11 is 0. The molecule has 1 saturated carbocycles. The molecule has 168 valence electrons. The summed E-state index contributed by atoms with van der Waals surface area (Å²) in [6, 6.07) is 7.86. The van der Waals surface area contributed by atoms with E-state index in [0.717, 1.165) is 44.3 Å². The molecule has 4 aliphatic heterocycles. The summed E-state index contributed by atoms with van der Waals surface area (Å²) in [5, 5.41) is 3.19. The molecule has 31 heavy (non-hydrogen) atoms. The second-order valence-electron chi connectivity index (χ2n) is 9.28. The first-order valence-corrected chi connectivity index (χ1v) is 11.7. The highest BCUT2D eigenvalue weighted by atomic mass is 16.5. The molecule has 2 saturated heterocycles. The Balaban J connectivity index is 1.37. The first-order valence-electron chi connectivity index (χ1n) is 11.7. The van der Waals surface area contributed by atoms with Crippen molar-refractivity contribution in [1.29, 1.82) is 0 Å². The van der Waals surface area contributed by atoms with Crippen LogP contribution in [0.15, 0.2) is 24.3 Å². The fourth-order valence-corrected chi connectivity index (χ4v) is 5.38. The van der Waals surface area contributed by atoms with Crippen molar-refractivity contribution in [3.8, 4) is 5.75 Å². The number of rotatable bonds is 2. The molecule has 2 atom stereocenters. The quantitative estimate of drug-likeness (QED) is 0.782. The number of carbonyl (C=O) groups is 2. The molecule has 1 N–H and O–H groups in total. The van der Waals surface area contributed by atoms with E-state index >= 15 is 0 Å². The Morgan fingerprint density at radius 3 is 2.61 bits per heavy atom. The van der Waals surface area contributed by atoms with Crippen molar-refractivity contribution in [2.45, 2.75) is 62.6 Å². The predicted octanol–water partition coefficient (Wildman–Crippen LogP) is 2.24. The van der Waals surface area contributed by atoms with Gasteiger partial charge in [0.25, 0.3) is 5.91 Å². The van der Waals surface area contributed by atoms with Gasteiger partial charge in [0.1, 0.15) is 5.75 Å². The van der Waals surface area contributed by atoms with Crippen LogP contribution in [0.25, 0.3) is 0 Å². The average Bonchev–Trinajstić information content (AvgIpc) is 2.77. The highest BCUT2D eigenvalue weighted by Crippen LogP contribution is 2.38.